The molecule has 0 saturated heterocycles. The summed E-state index contributed by atoms with van der Waals surface area (Å²) in [6, 6.07) is 7.66. The Balaban J connectivity index is 2.93. The number of aryl methyl sites for hydroxylation is 1. The fourth-order valence-corrected chi connectivity index (χ4v) is 3.12. The SMILES string of the molecule is CCCC/C=C(/[C@H](O)CC)[S@@](=O)c1ccc(C)cc1. The molecule has 2 nitrogen and oxygen atoms in total. The molecule has 19 heavy (non-hydrogen) atoms. The van der Waals surface area contributed by atoms with Crippen LogP contribution in [0, 0.1) is 6.92 Å². The van der Waals surface area contributed by atoms with E-state index in [0.29, 0.717) is 11.3 Å². The summed E-state index contributed by atoms with van der Waals surface area (Å²) in [5, 5.41) is 10.0. The molecule has 1 aromatic rings. The molecule has 0 saturated carbocycles. The van der Waals surface area contributed by atoms with Crippen LogP contribution in [0.25, 0.3) is 0 Å². The average Bonchev–Trinajstić information content (AvgIpc) is 2.43. The van der Waals surface area contributed by atoms with Gasteiger partial charge in [0.1, 0.15) is 0 Å². The summed E-state index contributed by atoms with van der Waals surface area (Å²) < 4.78 is 12.5. The molecule has 0 radical (unpaired) electrons. The second-order valence-electron chi connectivity index (χ2n) is 4.75. The third-order valence-electron chi connectivity index (χ3n) is 3.07. The van der Waals surface area contributed by atoms with Gasteiger partial charge in [0.2, 0.25) is 0 Å². The number of hydrogen-bond donors (Lipinski definition) is 1. The van der Waals surface area contributed by atoms with Crippen LogP contribution >= 0.6 is 0 Å². The molecule has 3 heteroatoms. The topological polar surface area (TPSA) is 37.3 Å². The van der Waals surface area contributed by atoms with E-state index < -0.39 is 16.9 Å². The van der Waals surface area contributed by atoms with Crippen molar-refractivity contribution >= 4 is 10.8 Å². The monoisotopic (exact) mass is 280 g/mol. The highest BCUT2D eigenvalue weighted by molar-refractivity contribution is 7.89. The van der Waals surface area contributed by atoms with Crippen molar-refractivity contribution in [1.82, 2.24) is 0 Å². The summed E-state index contributed by atoms with van der Waals surface area (Å²) in [4.78, 5) is 1.42. The quantitative estimate of drug-likeness (QED) is 0.768. The van der Waals surface area contributed by atoms with Crippen molar-refractivity contribution in [3.63, 3.8) is 0 Å². The van der Waals surface area contributed by atoms with Gasteiger partial charge in [-0.25, -0.2) is 4.21 Å². The minimum atomic E-state index is -1.25. The smallest absolute Gasteiger partial charge is 0.0871 e. The summed E-state index contributed by atoms with van der Waals surface area (Å²) >= 11 is 0. The van der Waals surface area contributed by atoms with Crippen LogP contribution in [0.2, 0.25) is 0 Å². The summed E-state index contributed by atoms with van der Waals surface area (Å²) in [5.41, 5.74) is 1.15. The average molecular weight is 280 g/mol. The van der Waals surface area contributed by atoms with Gasteiger partial charge in [-0.05, 0) is 31.9 Å². The summed E-state index contributed by atoms with van der Waals surface area (Å²) in [7, 11) is -1.25. The van der Waals surface area contributed by atoms with Crippen molar-refractivity contribution in [1.29, 1.82) is 0 Å². The van der Waals surface area contributed by atoms with Crippen molar-refractivity contribution in [2.45, 2.75) is 57.5 Å². The molecular weight excluding hydrogens is 256 g/mol. The highest BCUT2D eigenvalue weighted by Gasteiger charge is 2.17. The maximum absolute atomic E-state index is 12.5. The van der Waals surface area contributed by atoms with Crippen molar-refractivity contribution in [2.75, 3.05) is 0 Å². The first-order valence-corrected chi connectivity index (χ1v) is 8.11. The highest BCUT2D eigenvalue weighted by Crippen LogP contribution is 2.21. The summed E-state index contributed by atoms with van der Waals surface area (Å²) in [6.45, 7) is 6.04. The summed E-state index contributed by atoms with van der Waals surface area (Å²) in [5.74, 6) is 0. The minimum Gasteiger partial charge on any atom is -0.388 e. The van der Waals surface area contributed by atoms with E-state index >= 15 is 0 Å². The lowest BCUT2D eigenvalue weighted by Crippen LogP contribution is -2.13. The molecule has 0 spiro atoms. The molecule has 106 valence electrons. The lowest BCUT2D eigenvalue weighted by molar-refractivity contribution is 0.214. The number of unbranched alkanes of at least 4 members (excludes halogenated alkanes) is 2. The summed E-state index contributed by atoms with van der Waals surface area (Å²) in [6.07, 6.45) is 4.97. The zero-order chi connectivity index (χ0) is 14.3. The fourth-order valence-electron chi connectivity index (χ4n) is 1.78. The van der Waals surface area contributed by atoms with E-state index in [0.717, 1.165) is 29.7 Å². The number of rotatable bonds is 7. The third kappa shape index (κ3) is 4.92. The van der Waals surface area contributed by atoms with Crippen LogP contribution in [-0.4, -0.2) is 15.4 Å². The molecule has 0 aliphatic rings. The lowest BCUT2D eigenvalue weighted by atomic mass is 10.2. The molecule has 0 aliphatic carbocycles. The van der Waals surface area contributed by atoms with E-state index in [1.54, 1.807) is 0 Å². The molecule has 2 atom stereocenters. The zero-order valence-electron chi connectivity index (χ0n) is 12.1. The van der Waals surface area contributed by atoms with E-state index in [1.165, 1.54) is 0 Å². The number of benzene rings is 1. The highest BCUT2D eigenvalue weighted by atomic mass is 32.2. The molecule has 1 aromatic carbocycles. The molecule has 1 rings (SSSR count). The number of aliphatic hydroxyl groups is 1. The third-order valence-corrected chi connectivity index (χ3v) is 4.63. The first-order valence-electron chi connectivity index (χ1n) is 6.96. The van der Waals surface area contributed by atoms with Gasteiger partial charge < -0.3 is 5.11 Å². The second kappa shape index (κ2) is 8.28. The number of aliphatic hydroxyl groups excluding tert-OH is 1. The Morgan fingerprint density at radius 3 is 2.47 bits per heavy atom. The van der Waals surface area contributed by atoms with Gasteiger partial charge in [0, 0.05) is 9.80 Å². The Morgan fingerprint density at radius 1 is 1.32 bits per heavy atom. The van der Waals surface area contributed by atoms with Crippen LogP contribution in [0.4, 0.5) is 0 Å². The Labute approximate surface area is 119 Å². The first kappa shape index (κ1) is 16.1. The van der Waals surface area contributed by atoms with Gasteiger partial charge in [0.15, 0.2) is 0 Å². The normalized spacial score (nSPS) is 15.3. The predicted molar refractivity (Wildman–Crippen MR) is 81.5 cm³/mol. The van der Waals surface area contributed by atoms with Crippen LogP contribution in [0.5, 0.6) is 0 Å². The van der Waals surface area contributed by atoms with Crippen LogP contribution in [0.3, 0.4) is 0 Å². The largest absolute Gasteiger partial charge is 0.388 e. The van der Waals surface area contributed by atoms with Gasteiger partial charge in [-0.3, -0.25) is 0 Å². The van der Waals surface area contributed by atoms with Gasteiger partial charge in [0.05, 0.1) is 16.9 Å². The molecule has 0 fully saturated rings. The van der Waals surface area contributed by atoms with Crippen LogP contribution in [0.1, 0.15) is 45.1 Å². The molecule has 0 aromatic heterocycles. The van der Waals surface area contributed by atoms with Crippen molar-refractivity contribution in [3.05, 3.63) is 40.8 Å². The van der Waals surface area contributed by atoms with Crippen LogP contribution in [0.15, 0.2) is 40.1 Å². The van der Waals surface area contributed by atoms with Gasteiger partial charge in [-0.2, -0.15) is 0 Å². The van der Waals surface area contributed by atoms with E-state index in [1.807, 2.05) is 44.2 Å². The Hall–Kier alpha value is -0.930. The maximum atomic E-state index is 12.5. The lowest BCUT2D eigenvalue weighted by Gasteiger charge is -2.13. The predicted octanol–water partition coefficient (Wildman–Crippen LogP) is 3.95. The van der Waals surface area contributed by atoms with E-state index in [4.69, 9.17) is 0 Å². The zero-order valence-corrected chi connectivity index (χ0v) is 12.9. The molecule has 1 N–H and O–H groups in total. The van der Waals surface area contributed by atoms with Gasteiger partial charge in [-0.15, -0.1) is 0 Å². The molecule has 0 amide bonds. The standard InChI is InChI=1S/C16H24O2S/c1-4-6-7-8-16(15(17)5-2)19(18)14-11-9-13(3)10-12-14/h8-12,15,17H,4-7H2,1-3H3/b16-8-/t15-,19+/m1/s1. The first-order chi connectivity index (χ1) is 9.10. The number of hydrogen-bond acceptors (Lipinski definition) is 2. The van der Waals surface area contributed by atoms with Crippen molar-refractivity contribution in [3.8, 4) is 0 Å². The molecule has 0 bridgehead atoms. The number of allylic oxidation sites excluding steroid dienone is 1. The maximum Gasteiger partial charge on any atom is 0.0871 e. The van der Waals surface area contributed by atoms with Crippen LogP contribution < -0.4 is 0 Å². The Morgan fingerprint density at radius 2 is 1.95 bits per heavy atom. The second-order valence-corrected chi connectivity index (χ2v) is 6.23. The molecule has 0 unspecified atom stereocenters. The minimum absolute atomic E-state index is 0.593. The van der Waals surface area contributed by atoms with Crippen molar-refractivity contribution in [2.24, 2.45) is 0 Å². The Bertz CT molecular complexity index is 435. The molecule has 0 heterocycles. The van der Waals surface area contributed by atoms with Gasteiger partial charge in [-0.1, -0.05) is 50.5 Å². The van der Waals surface area contributed by atoms with E-state index in [2.05, 4.69) is 6.92 Å². The Kier molecular flexibility index (Phi) is 7.03. The van der Waals surface area contributed by atoms with Gasteiger partial charge in [0.25, 0.3) is 0 Å². The van der Waals surface area contributed by atoms with Gasteiger partial charge >= 0.3 is 0 Å². The molecular formula is C16H24O2S. The molecule has 0 aliphatic heterocycles. The van der Waals surface area contributed by atoms with E-state index in [-0.39, 0.29) is 0 Å². The van der Waals surface area contributed by atoms with Crippen molar-refractivity contribution < 1.29 is 9.32 Å². The van der Waals surface area contributed by atoms with Crippen LogP contribution in [-0.2, 0) is 10.8 Å². The fraction of sp³-hybridized carbons (Fsp3) is 0.500. The van der Waals surface area contributed by atoms with E-state index in [9.17, 15) is 9.32 Å².